The Morgan fingerprint density at radius 2 is 1.19 bits per heavy atom. The van der Waals surface area contributed by atoms with Crippen LogP contribution in [0.5, 0.6) is 23.0 Å². The van der Waals surface area contributed by atoms with E-state index in [0.717, 1.165) is 0 Å². The van der Waals surface area contributed by atoms with E-state index >= 15 is 0 Å². The number of hydrogen-bond acceptors (Lipinski definition) is 4. The van der Waals surface area contributed by atoms with Gasteiger partial charge in [0.1, 0.15) is 23.0 Å². The van der Waals surface area contributed by atoms with Crippen molar-refractivity contribution in [1.82, 2.24) is 0 Å². The molecule has 0 aromatic heterocycles. The Labute approximate surface area is 133 Å². The fraction of sp³-hybridized carbons (Fsp3) is 0.143. The zero-order valence-electron chi connectivity index (χ0n) is 11.6. The zero-order chi connectivity index (χ0) is 15.2. The molecule has 0 radical (unpaired) electrons. The maximum atomic E-state index is 6.03. The van der Waals surface area contributed by atoms with Crippen molar-refractivity contribution in [3.05, 3.63) is 46.4 Å². The van der Waals surface area contributed by atoms with Crippen LogP contribution in [0.15, 0.2) is 36.4 Å². The lowest BCUT2D eigenvalue weighted by Crippen LogP contribution is -2.11. The minimum Gasteiger partial charge on any atom is -0.527 e. The van der Waals surface area contributed by atoms with E-state index in [-0.39, 0.29) is 7.69 Å². The Hall–Kier alpha value is -1.72. The van der Waals surface area contributed by atoms with Crippen LogP contribution in [0.4, 0.5) is 0 Å². The van der Waals surface area contributed by atoms with Gasteiger partial charge in [0.25, 0.3) is 0 Å². The molecule has 0 atom stereocenters. The van der Waals surface area contributed by atoms with Gasteiger partial charge in [-0.2, -0.15) is 0 Å². The molecular formula is C14H13BCl2O4. The van der Waals surface area contributed by atoms with Crippen molar-refractivity contribution in [2.75, 3.05) is 14.2 Å². The normalized spacial score (nSPS) is 9.90. The van der Waals surface area contributed by atoms with Gasteiger partial charge in [0.05, 0.1) is 24.3 Å². The summed E-state index contributed by atoms with van der Waals surface area (Å²) in [4.78, 5) is 0. The Bertz CT molecular complexity index is 568. The first-order valence-electron chi connectivity index (χ1n) is 6.06. The lowest BCUT2D eigenvalue weighted by molar-refractivity contribution is 0.406. The summed E-state index contributed by atoms with van der Waals surface area (Å²) in [5, 5.41) is 0.937. The highest BCUT2D eigenvalue weighted by Crippen LogP contribution is 2.30. The molecule has 0 heterocycles. The number of ether oxygens (including phenoxy) is 2. The molecule has 21 heavy (non-hydrogen) atoms. The number of halogens is 2. The van der Waals surface area contributed by atoms with E-state index in [9.17, 15) is 0 Å². The van der Waals surface area contributed by atoms with Crippen molar-refractivity contribution in [1.29, 1.82) is 0 Å². The molecule has 0 aliphatic heterocycles. The maximum Gasteiger partial charge on any atom is 0.576 e. The molecule has 110 valence electrons. The van der Waals surface area contributed by atoms with Crippen LogP contribution in [0.2, 0.25) is 10.0 Å². The van der Waals surface area contributed by atoms with E-state index in [0.29, 0.717) is 33.0 Å². The molecule has 2 aromatic carbocycles. The van der Waals surface area contributed by atoms with E-state index in [4.69, 9.17) is 42.0 Å². The van der Waals surface area contributed by atoms with E-state index in [2.05, 4.69) is 0 Å². The lowest BCUT2D eigenvalue weighted by atomic mass is 10.2. The van der Waals surface area contributed by atoms with Crippen LogP contribution in [0, 0.1) is 0 Å². The molecule has 4 nitrogen and oxygen atoms in total. The molecule has 0 amide bonds. The van der Waals surface area contributed by atoms with Crippen LogP contribution in [0.25, 0.3) is 0 Å². The second kappa shape index (κ2) is 7.34. The van der Waals surface area contributed by atoms with Gasteiger partial charge in [-0.15, -0.1) is 0 Å². The summed E-state index contributed by atoms with van der Waals surface area (Å²) < 4.78 is 21.2. The Morgan fingerprint density at radius 1 is 0.762 bits per heavy atom. The maximum absolute atomic E-state index is 6.03. The Balaban J connectivity index is 2.01. The average molecular weight is 327 g/mol. The standard InChI is InChI=1S/C14H13BCl2O4/c1-18-9-3-5-11(16)13(7-9)20-15-21-14-8-10(19-2)4-6-12(14)17/h3-8,15H,1-2H3. The van der Waals surface area contributed by atoms with E-state index in [1.807, 2.05) is 0 Å². The molecule has 0 spiro atoms. The van der Waals surface area contributed by atoms with E-state index < -0.39 is 0 Å². The molecule has 0 saturated carbocycles. The van der Waals surface area contributed by atoms with Crippen LogP contribution in [0.1, 0.15) is 0 Å². The first kappa shape index (κ1) is 15.7. The molecule has 0 aliphatic carbocycles. The van der Waals surface area contributed by atoms with E-state index in [1.165, 1.54) is 0 Å². The molecule has 0 saturated heterocycles. The largest absolute Gasteiger partial charge is 0.576 e. The first-order chi connectivity index (χ1) is 10.1. The van der Waals surface area contributed by atoms with Crippen molar-refractivity contribution < 1.29 is 18.8 Å². The highest BCUT2D eigenvalue weighted by molar-refractivity contribution is 6.34. The molecule has 0 aliphatic rings. The van der Waals surface area contributed by atoms with Crippen LogP contribution >= 0.6 is 23.2 Å². The quantitative estimate of drug-likeness (QED) is 0.758. The van der Waals surface area contributed by atoms with Crippen molar-refractivity contribution in [2.45, 2.75) is 0 Å². The number of rotatable bonds is 6. The smallest absolute Gasteiger partial charge is 0.527 e. The van der Waals surface area contributed by atoms with Crippen molar-refractivity contribution >= 4 is 30.9 Å². The van der Waals surface area contributed by atoms with Gasteiger partial charge < -0.3 is 18.8 Å². The molecule has 0 fully saturated rings. The van der Waals surface area contributed by atoms with Gasteiger partial charge in [-0.3, -0.25) is 0 Å². The number of hydrogen-bond donors (Lipinski definition) is 0. The van der Waals surface area contributed by atoms with Gasteiger partial charge in [-0.05, 0) is 24.3 Å². The number of benzene rings is 2. The van der Waals surface area contributed by atoms with Crippen LogP contribution in [-0.4, -0.2) is 21.9 Å². The second-order valence-electron chi connectivity index (χ2n) is 4.00. The third-order valence-corrected chi connectivity index (χ3v) is 3.33. The van der Waals surface area contributed by atoms with Gasteiger partial charge >= 0.3 is 7.69 Å². The minimum atomic E-state index is -0.0419. The van der Waals surface area contributed by atoms with Crippen molar-refractivity contribution in [3.8, 4) is 23.0 Å². The summed E-state index contributed by atoms with van der Waals surface area (Å²) in [6.07, 6.45) is 0. The average Bonchev–Trinajstić information content (AvgIpc) is 2.51. The molecule has 7 heteroatoms. The van der Waals surface area contributed by atoms with Crippen LogP contribution in [0.3, 0.4) is 0 Å². The molecule has 0 N–H and O–H groups in total. The summed E-state index contributed by atoms with van der Waals surface area (Å²) in [5.41, 5.74) is 0. The Kier molecular flexibility index (Phi) is 5.48. The fourth-order valence-corrected chi connectivity index (χ4v) is 1.94. The highest BCUT2D eigenvalue weighted by atomic mass is 35.5. The first-order valence-corrected chi connectivity index (χ1v) is 6.82. The lowest BCUT2D eigenvalue weighted by Gasteiger charge is -2.11. The molecule has 0 unspecified atom stereocenters. The molecule has 2 aromatic rings. The molecule has 0 bridgehead atoms. The predicted octanol–water partition coefficient (Wildman–Crippen LogP) is 3.73. The summed E-state index contributed by atoms with van der Waals surface area (Å²) in [7, 11) is 3.10. The van der Waals surface area contributed by atoms with Crippen LogP contribution in [-0.2, 0) is 0 Å². The summed E-state index contributed by atoms with van der Waals surface area (Å²) in [6, 6.07) is 10.2. The summed E-state index contributed by atoms with van der Waals surface area (Å²) in [6.45, 7) is 0. The zero-order valence-corrected chi connectivity index (χ0v) is 13.1. The topological polar surface area (TPSA) is 36.9 Å². The monoisotopic (exact) mass is 326 g/mol. The van der Waals surface area contributed by atoms with Gasteiger partial charge in [0, 0.05) is 12.1 Å². The van der Waals surface area contributed by atoms with Crippen LogP contribution < -0.4 is 18.8 Å². The Morgan fingerprint density at radius 3 is 1.57 bits per heavy atom. The third-order valence-electron chi connectivity index (χ3n) is 2.71. The predicted molar refractivity (Wildman–Crippen MR) is 84.4 cm³/mol. The minimum absolute atomic E-state index is 0.0419. The number of methoxy groups -OCH3 is 2. The van der Waals surface area contributed by atoms with Crippen molar-refractivity contribution in [2.24, 2.45) is 0 Å². The SMILES string of the molecule is COc1ccc(Cl)c(OBOc2cc(OC)ccc2Cl)c1. The molecule has 2 rings (SSSR count). The third kappa shape index (κ3) is 4.13. The second-order valence-corrected chi connectivity index (χ2v) is 4.81. The van der Waals surface area contributed by atoms with E-state index in [1.54, 1.807) is 50.6 Å². The van der Waals surface area contributed by atoms with Gasteiger partial charge in [0.2, 0.25) is 0 Å². The highest BCUT2D eigenvalue weighted by Gasteiger charge is 2.08. The molecular weight excluding hydrogens is 314 g/mol. The summed E-state index contributed by atoms with van der Waals surface area (Å²) >= 11 is 12.1. The van der Waals surface area contributed by atoms with Crippen molar-refractivity contribution in [3.63, 3.8) is 0 Å². The van der Waals surface area contributed by atoms with Gasteiger partial charge in [0.15, 0.2) is 0 Å². The summed E-state index contributed by atoms with van der Waals surface area (Å²) in [5.74, 6) is 2.23. The fourth-order valence-electron chi connectivity index (χ4n) is 1.60. The van der Waals surface area contributed by atoms with Gasteiger partial charge in [-0.25, -0.2) is 0 Å². The van der Waals surface area contributed by atoms with Gasteiger partial charge in [-0.1, -0.05) is 23.2 Å².